The number of aryl methyl sites for hydroxylation is 2. The lowest BCUT2D eigenvalue weighted by Crippen LogP contribution is -2.34. The Morgan fingerprint density at radius 3 is 2.47 bits per heavy atom. The number of fused-ring (bicyclic) bond motifs is 1. The van der Waals surface area contributed by atoms with Crippen LogP contribution in [0.3, 0.4) is 0 Å². The van der Waals surface area contributed by atoms with Crippen LogP contribution in [0.15, 0.2) is 60.7 Å². The maximum atomic E-state index is 12.7. The highest BCUT2D eigenvalue weighted by molar-refractivity contribution is 7.80. The minimum atomic E-state index is -0.306. The molecule has 0 aliphatic heterocycles. The van der Waals surface area contributed by atoms with E-state index >= 15 is 0 Å². The van der Waals surface area contributed by atoms with Crippen LogP contribution in [0.2, 0.25) is 0 Å². The summed E-state index contributed by atoms with van der Waals surface area (Å²) in [5, 5.41) is 15.3. The number of rotatable bonds is 7. The second-order valence-corrected chi connectivity index (χ2v) is 8.36. The van der Waals surface area contributed by atoms with Crippen LogP contribution in [-0.2, 0) is 6.42 Å². The van der Waals surface area contributed by atoms with Gasteiger partial charge in [-0.3, -0.25) is 10.1 Å². The summed E-state index contributed by atoms with van der Waals surface area (Å²) < 4.78 is 5.61. The van der Waals surface area contributed by atoms with Crippen LogP contribution in [-0.4, -0.2) is 32.6 Å². The van der Waals surface area contributed by atoms with E-state index < -0.39 is 0 Å². The normalized spacial score (nSPS) is 10.8. The second kappa shape index (κ2) is 10.4. The fourth-order valence-electron chi connectivity index (χ4n) is 3.46. The zero-order valence-corrected chi connectivity index (χ0v) is 20.3. The molecule has 1 aromatic heterocycles. The number of aromatic nitrogens is 3. The molecule has 1 amide bonds. The highest BCUT2D eigenvalue weighted by Gasteiger charge is 2.12. The summed E-state index contributed by atoms with van der Waals surface area (Å²) in [5.74, 6) is 0.349. The summed E-state index contributed by atoms with van der Waals surface area (Å²) >= 11 is 5.39. The van der Waals surface area contributed by atoms with Gasteiger partial charge in [-0.05, 0) is 85.6 Å². The maximum Gasteiger partial charge on any atom is 0.257 e. The molecule has 0 bridgehead atoms. The third-order valence-electron chi connectivity index (χ3n) is 5.35. The minimum Gasteiger partial charge on any atom is -0.494 e. The molecule has 8 heteroatoms. The Morgan fingerprint density at radius 2 is 1.76 bits per heavy atom. The molecule has 0 atom stereocenters. The number of carbonyl (C=O) groups is 1. The Hall–Kier alpha value is -3.78. The molecule has 2 N–H and O–H groups in total. The molecule has 174 valence electrons. The van der Waals surface area contributed by atoms with Crippen molar-refractivity contribution in [2.45, 2.75) is 33.6 Å². The molecule has 0 unspecified atom stereocenters. The van der Waals surface area contributed by atoms with Crippen molar-refractivity contribution < 1.29 is 9.53 Å². The Bertz CT molecular complexity index is 1330. The molecule has 0 spiro atoms. The van der Waals surface area contributed by atoms with Gasteiger partial charge in [0, 0.05) is 11.3 Å². The fourth-order valence-corrected chi connectivity index (χ4v) is 3.66. The van der Waals surface area contributed by atoms with Gasteiger partial charge in [-0.25, -0.2) is 0 Å². The number of carbonyl (C=O) groups excluding carboxylic acids is 1. The SMILES string of the molecule is CCCOc1cccc(C(=O)NC(=S)Nc2cc3nn(-c4ccc(CC)cc4)nc3cc2C)c1. The molecule has 7 nitrogen and oxygen atoms in total. The largest absolute Gasteiger partial charge is 0.494 e. The number of ether oxygens (including phenoxy) is 1. The minimum absolute atomic E-state index is 0.204. The highest BCUT2D eigenvalue weighted by atomic mass is 32.1. The first-order valence-electron chi connectivity index (χ1n) is 11.3. The van der Waals surface area contributed by atoms with Crippen LogP contribution in [0, 0.1) is 6.92 Å². The number of benzene rings is 3. The van der Waals surface area contributed by atoms with Crippen molar-refractivity contribution >= 4 is 40.0 Å². The molecule has 0 saturated carbocycles. The van der Waals surface area contributed by atoms with E-state index in [2.05, 4.69) is 39.9 Å². The molecule has 0 radical (unpaired) electrons. The first-order valence-corrected chi connectivity index (χ1v) is 11.7. The summed E-state index contributed by atoms with van der Waals surface area (Å²) in [6.07, 6.45) is 1.88. The average Bonchev–Trinajstić information content (AvgIpc) is 3.25. The van der Waals surface area contributed by atoms with Gasteiger partial charge >= 0.3 is 0 Å². The van der Waals surface area contributed by atoms with Crippen LogP contribution in [0.25, 0.3) is 16.7 Å². The van der Waals surface area contributed by atoms with Crippen LogP contribution in [0.4, 0.5) is 5.69 Å². The molecular weight excluding hydrogens is 446 g/mol. The molecule has 0 saturated heterocycles. The third kappa shape index (κ3) is 5.40. The molecule has 0 fully saturated rings. The number of amides is 1. The van der Waals surface area contributed by atoms with Gasteiger partial charge in [0.1, 0.15) is 16.8 Å². The van der Waals surface area contributed by atoms with Gasteiger partial charge in [-0.15, -0.1) is 10.2 Å². The van der Waals surface area contributed by atoms with Gasteiger partial charge in [0.15, 0.2) is 5.11 Å². The summed E-state index contributed by atoms with van der Waals surface area (Å²) in [7, 11) is 0. The maximum absolute atomic E-state index is 12.7. The quantitative estimate of drug-likeness (QED) is 0.359. The lowest BCUT2D eigenvalue weighted by molar-refractivity contribution is 0.0977. The lowest BCUT2D eigenvalue weighted by atomic mass is 10.2. The average molecular weight is 474 g/mol. The van der Waals surface area contributed by atoms with E-state index in [1.54, 1.807) is 23.0 Å². The topological polar surface area (TPSA) is 81.1 Å². The van der Waals surface area contributed by atoms with Crippen molar-refractivity contribution in [2.24, 2.45) is 0 Å². The van der Waals surface area contributed by atoms with Crippen molar-refractivity contribution in [3.63, 3.8) is 0 Å². The van der Waals surface area contributed by atoms with Crippen molar-refractivity contribution in [3.05, 3.63) is 77.4 Å². The Morgan fingerprint density at radius 1 is 1.03 bits per heavy atom. The molecule has 4 aromatic rings. The Kier molecular flexibility index (Phi) is 7.18. The van der Waals surface area contributed by atoms with Crippen LogP contribution in [0.1, 0.15) is 41.8 Å². The van der Waals surface area contributed by atoms with Gasteiger partial charge in [0.2, 0.25) is 0 Å². The van der Waals surface area contributed by atoms with Crippen molar-refractivity contribution in [1.82, 2.24) is 20.3 Å². The van der Waals surface area contributed by atoms with Crippen molar-refractivity contribution in [2.75, 3.05) is 11.9 Å². The van der Waals surface area contributed by atoms with Gasteiger partial charge < -0.3 is 10.1 Å². The first-order chi connectivity index (χ1) is 16.5. The second-order valence-electron chi connectivity index (χ2n) is 7.95. The molecule has 0 aliphatic rings. The zero-order chi connectivity index (χ0) is 24.1. The summed E-state index contributed by atoms with van der Waals surface area (Å²) in [6, 6.07) is 19.0. The van der Waals surface area contributed by atoms with Crippen molar-refractivity contribution in [1.29, 1.82) is 0 Å². The highest BCUT2D eigenvalue weighted by Crippen LogP contribution is 2.22. The molecular formula is C26H27N5O2S. The number of nitrogens with zero attached hydrogens (tertiary/aromatic N) is 3. The summed E-state index contributed by atoms with van der Waals surface area (Å²) in [5.41, 5.74) is 5.83. The van der Waals surface area contributed by atoms with E-state index in [1.807, 2.05) is 44.2 Å². The van der Waals surface area contributed by atoms with E-state index in [4.69, 9.17) is 17.0 Å². The zero-order valence-electron chi connectivity index (χ0n) is 19.5. The summed E-state index contributed by atoms with van der Waals surface area (Å²) in [4.78, 5) is 14.3. The molecule has 34 heavy (non-hydrogen) atoms. The van der Waals surface area contributed by atoms with E-state index in [1.165, 1.54) is 5.56 Å². The number of thiocarbonyl (C=S) groups is 1. The van der Waals surface area contributed by atoms with Gasteiger partial charge in [-0.2, -0.15) is 4.80 Å². The lowest BCUT2D eigenvalue weighted by Gasteiger charge is -2.12. The van der Waals surface area contributed by atoms with E-state index in [-0.39, 0.29) is 11.0 Å². The number of hydrogen-bond donors (Lipinski definition) is 2. The first kappa shape index (κ1) is 23.4. The van der Waals surface area contributed by atoms with Crippen LogP contribution >= 0.6 is 12.2 Å². The molecule has 0 aliphatic carbocycles. The van der Waals surface area contributed by atoms with Crippen molar-refractivity contribution in [3.8, 4) is 11.4 Å². The van der Waals surface area contributed by atoms with Gasteiger partial charge in [0.25, 0.3) is 5.91 Å². The van der Waals surface area contributed by atoms with Crippen LogP contribution in [0.5, 0.6) is 5.75 Å². The smallest absolute Gasteiger partial charge is 0.257 e. The monoisotopic (exact) mass is 473 g/mol. The van der Waals surface area contributed by atoms with Gasteiger partial charge in [0.05, 0.1) is 12.3 Å². The third-order valence-corrected chi connectivity index (χ3v) is 5.55. The predicted octanol–water partition coefficient (Wildman–Crippen LogP) is 5.21. The standard InChI is InChI=1S/C26H27N5O2S/c1-4-13-33-21-8-6-7-19(15-21)25(32)28-26(34)27-22-16-24-23(14-17(22)3)29-31(30-24)20-11-9-18(5-2)10-12-20/h6-12,14-16H,4-5,13H2,1-3H3,(H2,27,28,32,34). The van der Waals surface area contributed by atoms with E-state index in [0.717, 1.165) is 40.8 Å². The molecule has 4 rings (SSSR count). The van der Waals surface area contributed by atoms with E-state index in [0.29, 0.717) is 17.9 Å². The van der Waals surface area contributed by atoms with E-state index in [9.17, 15) is 4.79 Å². The summed E-state index contributed by atoms with van der Waals surface area (Å²) in [6.45, 7) is 6.71. The predicted molar refractivity (Wildman–Crippen MR) is 139 cm³/mol. The fraction of sp³-hybridized carbons (Fsp3) is 0.231. The molecule has 1 heterocycles. The number of hydrogen-bond acceptors (Lipinski definition) is 5. The molecule has 3 aromatic carbocycles. The number of anilines is 1. The van der Waals surface area contributed by atoms with Gasteiger partial charge in [-0.1, -0.05) is 32.0 Å². The Balaban J connectivity index is 1.47. The van der Waals surface area contributed by atoms with Crippen LogP contribution < -0.4 is 15.4 Å². The Labute approximate surface area is 204 Å². The number of nitrogens with one attached hydrogen (secondary N) is 2.